The zero-order chi connectivity index (χ0) is 21.9. The van der Waals surface area contributed by atoms with Crippen LogP contribution >= 0.6 is 0 Å². The summed E-state index contributed by atoms with van der Waals surface area (Å²) in [6.45, 7) is 10.1. The van der Waals surface area contributed by atoms with Crippen molar-refractivity contribution in [3.05, 3.63) is 53.6 Å². The molecular weight excluding hydrogens is 382 g/mol. The lowest BCUT2D eigenvalue weighted by Gasteiger charge is -2.23. The van der Waals surface area contributed by atoms with Crippen molar-refractivity contribution in [2.45, 2.75) is 40.0 Å². The minimum Gasteiger partial charge on any atom is -0.505 e. The van der Waals surface area contributed by atoms with Gasteiger partial charge in [0.15, 0.2) is 0 Å². The van der Waals surface area contributed by atoms with Gasteiger partial charge in [-0.1, -0.05) is 32.9 Å². The van der Waals surface area contributed by atoms with Crippen molar-refractivity contribution < 1.29 is 19.4 Å². The van der Waals surface area contributed by atoms with E-state index in [1.165, 1.54) is 10.9 Å². The average molecular weight is 409 g/mol. The van der Waals surface area contributed by atoms with Gasteiger partial charge in [-0.15, -0.1) is 15.0 Å². The summed E-state index contributed by atoms with van der Waals surface area (Å²) in [5, 5.41) is 20.0. The predicted octanol–water partition coefficient (Wildman–Crippen LogP) is 4.23. The fraction of sp³-hybridized carbons (Fsp3) is 0.348. The van der Waals surface area contributed by atoms with E-state index in [0.717, 1.165) is 16.6 Å². The monoisotopic (exact) mass is 409 g/mol. The molecular formula is C23H27N3O4. The number of carbonyl (C=O) groups excluding carboxylic acids is 1. The van der Waals surface area contributed by atoms with E-state index in [1.807, 2.05) is 45.9 Å². The number of rotatable bonds is 6. The Balaban J connectivity index is 1.93. The molecule has 3 rings (SSSR count). The zero-order valence-electron chi connectivity index (χ0n) is 18.0. The Morgan fingerprint density at radius 1 is 1.13 bits per heavy atom. The lowest BCUT2D eigenvalue weighted by Crippen LogP contribution is -2.15. The van der Waals surface area contributed by atoms with Crippen molar-refractivity contribution >= 4 is 17.0 Å². The predicted molar refractivity (Wildman–Crippen MR) is 115 cm³/mol. The van der Waals surface area contributed by atoms with Gasteiger partial charge in [-0.25, -0.2) is 4.79 Å². The van der Waals surface area contributed by atoms with E-state index in [2.05, 4.69) is 10.2 Å². The standard InChI is InChI=1S/C23H27N3O4/c1-6-7-21(27)30-11-10-29-16-13-17(23(3,4)5)22(28)20(14-16)26-24-18-9-8-15(2)12-19(18)25-26/h6-9,12-14,28H,10-11H2,1-5H3. The van der Waals surface area contributed by atoms with Gasteiger partial charge in [0.25, 0.3) is 0 Å². The highest BCUT2D eigenvalue weighted by Crippen LogP contribution is 2.38. The van der Waals surface area contributed by atoms with Crippen LogP contribution in [0.2, 0.25) is 0 Å². The molecule has 0 saturated carbocycles. The quantitative estimate of drug-likeness (QED) is 0.372. The lowest BCUT2D eigenvalue weighted by atomic mass is 9.86. The molecule has 0 unspecified atom stereocenters. The van der Waals surface area contributed by atoms with Crippen molar-refractivity contribution in [2.75, 3.05) is 13.2 Å². The van der Waals surface area contributed by atoms with Gasteiger partial charge in [0.1, 0.15) is 41.4 Å². The molecule has 0 atom stereocenters. The number of carbonyl (C=O) groups is 1. The van der Waals surface area contributed by atoms with Gasteiger partial charge in [0.2, 0.25) is 0 Å². The first-order valence-corrected chi connectivity index (χ1v) is 9.83. The first kappa shape index (κ1) is 21.4. The van der Waals surface area contributed by atoms with Gasteiger partial charge in [0, 0.05) is 17.7 Å². The van der Waals surface area contributed by atoms with Gasteiger partial charge >= 0.3 is 5.97 Å². The Kier molecular flexibility index (Phi) is 6.10. The fourth-order valence-electron chi connectivity index (χ4n) is 3.02. The molecule has 0 aliphatic rings. The van der Waals surface area contributed by atoms with Crippen LogP contribution in [-0.4, -0.2) is 39.3 Å². The summed E-state index contributed by atoms with van der Waals surface area (Å²) in [7, 11) is 0. The SMILES string of the molecule is CC=CC(=O)OCCOc1cc(-n2nc3ccc(C)cc3n2)c(O)c(C(C)(C)C)c1. The number of phenols is 1. The molecule has 0 amide bonds. The molecule has 2 aromatic carbocycles. The highest BCUT2D eigenvalue weighted by atomic mass is 16.6. The van der Waals surface area contributed by atoms with Crippen molar-refractivity contribution in [2.24, 2.45) is 0 Å². The van der Waals surface area contributed by atoms with Crippen LogP contribution in [0, 0.1) is 6.92 Å². The molecule has 158 valence electrons. The summed E-state index contributed by atoms with van der Waals surface area (Å²) in [6.07, 6.45) is 2.97. The molecule has 0 fully saturated rings. The fourth-order valence-corrected chi connectivity index (χ4v) is 3.02. The van der Waals surface area contributed by atoms with E-state index in [4.69, 9.17) is 9.47 Å². The van der Waals surface area contributed by atoms with Crippen molar-refractivity contribution in [3.63, 3.8) is 0 Å². The molecule has 0 spiro atoms. The molecule has 0 aliphatic heterocycles. The number of fused-ring (bicyclic) bond motifs is 1. The normalized spacial score (nSPS) is 11.9. The van der Waals surface area contributed by atoms with Crippen LogP contribution in [0.4, 0.5) is 0 Å². The number of esters is 1. The molecule has 3 aromatic rings. The third-order valence-corrected chi connectivity index (χ3v) is 4.52. The van der Waals surface area contributed by atoms with Crippen LogP contribution in [0.1, 0.15) is 38.8 Å². The van der Waals surface area contributed by atoms with Crippen LogP contribution < -0.4 is 4.74 Å². The van der Waals surface area contributed by atoms with E-state index in [9.17, 15) is 9.90 Å². The summed E-state index contributed by atoms with van der Waals surface area (Å²) >= 11 is 0. The van der Waals surface area contributed by atoms with Gasteiger partial charge in [0.05, 0.1) is 0 Å². The Labute approximate surface area is 175 Å². The molecule has 1 heterocycles. The smallest absolute Gasteiger partial charge is 0.330 e. The summed E-state index contributed by atoms with van der Waals surface area (Å²) in [4.78, 5) is 12.8. The maximum Gasteiger partial charge on any atom is 0.330 e. The van der Waals surface area contributed by atoms with E-state index in [-0.39, 0.29) is 24.4 Å². The van der Waals surface area contributed by atoms with Crippen molar-refractivity contribution in [1.29, 1.82) is 0 Å². The van der Waals surface area contributed by atoms with Crippen molar-refractivity contribution in [3.8, 4) is 17.2 Å². The maximum absolute atomic E-state index is 11.4. The average Bonchev–Trinajstić information content (AvgIpc) is 3.08. The van der Waals surface area contributed by atoms with Crippen LogP contribution in [-0.2, 0) is 14.9 Å². The van der Waals surface area contributed by atoms with Crippen LogP contribution in [0.5, 0.6) is 11.5 Å². The number of benzene rings is 2. The van der Waals surface area contributed by atoms with Gasteiger partial charge in [-0.05, 0) is 43.0 Å². The summed E-state index contributed by atoms with van der Waals surface area (Å²) in [6, 6.07) is 9.29. The van der Waals surface area contributed by atoms with Crippen LogP contribution in [0.15, 0.2) is 42.5 Å². The molecule has 1 aromatic heterocycles. The van der Waals surface area contributed by atoms with E-state index in [0.29, 0.717) is 17.0 Å². The van der Waals surface area contributed by atoms with Gasteiger partial charge in [-0.2, -0.15) is 0 Å². The summed E-state index contributed by atoms with van der Waals surface area (Å²) in [5.41, 5.74) is 3.36. The number of hydrogen-bond acceptors (Lipinski definition) is 6. The van der Waals surface area contributed by atoms with Gasteiger partial charge in [-0.3, -0.25) is 0 Å². The minimum absolute atomic E-state index is 0.103. The molecule has 30 heavy (non-hydrogen) atoms. The van der Waals surface area contributed by atoms with E-state index >= 15 is 0 Å². The summed E-state index contributed by atoms with van der Waals surface area (Å²) in [5.74, 6) is 0.226. The molecule has 1 N–H and O–H groups in total. The third-order valence-electron chi connectivity index (χ3n) is 4.52. The Hall–Kier alpha value is -3.35. The van der Waals surface area contributed by atoms with Gasteiger partial charge < -0.3 is 14.6 Å². The topological polar surface area (TPSA) is 86.5 Å². The van der Waals surface area contributed by atoms with Crippen LogP contribution in [0.25, 0.3) is 16.7 Å². The largest absolute Gasteiger partial charge is 0.505 e. The second kappa shape index (κ2) is 8.57. The molecule has 0 bridgehead atoms. The summed E-state index contributed by atoms with van der Waals surface area (Å²) < 4.78 is 10.9. The maximum atomic E-state index is 11.4. The number of aryl methyl sites for hydroxylation is 1. The highest BCUT2D eigenvalue weighted by molar-refractivity contribution is 5.81. The van der Waals surface area contributed by atoms with Crippen molar-refractivity contribution in [1.82, 2.24) is 15.0 Å². The number of ether oxygens (including phenoxy) is 2. The van der Waals surface area contributed by atoms with E-state index < -0.39 is 5.97 Å². The minimum atomic E-state index is -0.411. The second-order valence-electron chi connectivity index (χ2n) is 8.09. The molecule has 0 saturated heterocycles. The molecule has 0 radical (unpaired) electrons. The third kappa shape index (κ3) is 4.79. The molecule has 0 aliphatic carbocycles. The zero-order valence-corrected chi connectivity index (χ0v) is 18.0. The molecule has 7 heteroatoms. The lowest BCUT2D eigenvalue weighted by molar-refractivity contribution is -0.138. The van der Waals surface area contributed by atoms with Crippen LogP contribution in [0.3, 0.4) is 0 Å². The highest BCUT2D eigenvalue weighted by Gasteiger charge is 2.24. The second-order valence-corrected chi connectivity index (χ2v) is 8.09. The van der Waals surface area contributed by atoms with E-state index in [1.54, 1.807) is 25.1 Å². The number of hydrogen-bond donors (Lipinski definition) is 1. The number of nitrogens with zero attached hydrogens (tertiary/aromatic N) is 3. The first-order chi connectivity index (χ1) is 14.2. The Morgan fingerprint density at radius 3 is 2.57 bits per heavy atom. The Morgan fingerprint density at radius 2 is 1.87 bits per heavy atom. The number of aromatic nitrogens is 3. The Bertz CT molecular complexity index is 1090. The number of allylic oxidation sites excluding steroid dienone is 1. The molecule has 7 nitrogen and oxygen atoms in total. The number of aromatic hydroxyl groups is 1. The first-order valence-electron chi connectivity index (χ1n) is 9.83. The number of phenolic OH excluding ortho intramolecular Hbond substituents is 1.